The minimum Gasteiger partial charge on any atom is -0.492 e. The van der Waals surface area contributed by atoms with Crippen molar-refractivity contribution in [3.8, 4) is 5.75 Å². The molecular formula is C21H22ClN3O4. The molecule has 0 aliphatic carbocycles. The van der Waals surface area contributed by atoms with Crippen molar-refractivity contribution in [3.05, 3.63) is 59.4 Å². The first-order valence-corrected chi connectivity index (χ1v) is 9.98. The first kappa shape index (κ1) is 19.5. The van der Waals surface area contributed by atoms with Crippen LogP contribution in [0.3, 0.4) is 0 Å². The Morgan fingerprint density at radius 1 is 1.21 bits per heavy atom. The van der Waals surface area contributed by atoms with Crippen molar-refractivity contribution in [2.24, 2.45) is 0 Å². The first-order chi connectivity index (χ1) is 14.0. The molecule has 152 valence electrons. The zero-order valence-corrected chi connectivity index (χ0v) is 16.7. The zero-order valence-electron chi connectivity index (χ0n) is 15.9. The molecule has 2 aliphatic heterocycles. The SMILES string of the molecule is O=C1OC2(CCN(C(=O)c3cncc(Cl)c3)CC2)CN1CCOc1ccccc1. The summed E-state index contributed by atoms with van der Waals surface area (Å²) in [5.41, 5.74) is -0.0655. The molecule has 0 unspecified atom stereocenters. The Labute approximate surface area is 174 Å². The lowest BCUT2D eigenvalue weighted by Gasteiger charge is -2.37. The molecule has 8 heteroatoms. The number of carbonyl (C=O) groups excluding carboxylic acids is 2. The second-order valence-electron chi connectivity index (χ2n) is 7.32. The summed E-state index contributed by atoms with van der Waals surface area (Å²) in [6, 6.07) is 11.1. The van der Waals surface area contributed by atoms with Crippen molar-refractivity contribution >= 4 is 23.6 Å². The maximum Gasteiger partial charge on any atom is 0.410 e. The quantitative estimate of drug-likeness (QED) is 0.749. The van der Waals surface area contributed by atoms with E-state index in [0.29, 0.717) is 56.2 Å². The van der Waals surface area contributed by atoms with Crippen LogP contribution >= 0.6 is 11.6 Å². The minimum absolute atomic E-state index is 0.104. The summed E-state index contributed by atoms with van der Waals surface area (Å²) in [6.07, 6.45) is 3.91. The molecular weight excluding hydrogens is 394 g/mol. The van der Waals surface area contributed by atoms with Gasteiger partial charge in [0.1, 0.15) is 18.0 Å². The maximum absolute atomic E-state index is 12.7. The molecule has 1 aromatic heterocycles. The molecule has 1 aromatic carbocycles. The van der Waals surface area contributed by atoms with Gasteiger partial charge in [-0.25, -0.2) is 4.79 Å². The predicted molar refractivity (Wildman–Crippen MR) is 107 cm³/mol. The van der Waals surface area contributed by atoms with Gasteiger partial charge in [0.05, 0.1) is 23.7 Å². The number of halogens is 1. The highest BCUT2D eigenvalue weighted by atomic mass is 35.5. The smallest absolute Gasteiger partial charge is 0.410 e. The summed E-state index contributed by atoms with van der Waals surface area (Å²) in [5.74, 6) is 0.671. The Balaban J connectivity index is 1.29. The van der Waals surface area contributed by atoms with Crippen molar-refractivity contribution in [1.29, 1.82) is 0 Å². The number of amides is 2. The molecule has 0 N–H and O–H groups in total. The standard InChI is InChI=1S/C21H22ClN3O4/c22-17-12-16(13-23-14-17)19(26)24-8-6-21(7-9-24)15-25(20(27)29-21)10-11-28-18-4-2-1-3-5-18/h1-5,12-14H,6-11,15H2. The fourth-order valence-corrected chi connectivity index (χ4v) is 3.92. The topological polar surface area (TPSA) is 72.0 Å². The van der Waals surface area contributed by atoms with E-state index in [1.807, 2.05) is 30.3 Å². The average molecular weight is 416 g/mol. The number of carbonyl (C=O) groups is 2. The molecule has 4 rings (SSSR count). The van der Waals surface area contributed by atoms with Crippen molar-refractivity contribution in [2.45, 2.75) is 18.4 Å². The highest BCUT2D eigenvalue weighted by Crippen LogP contribution is 2.33. The molecule has 2 saturated heterocycles. The third-order valence-electron chi connectivity index (χ3n) is 5.33. The number of benzene rings is 1. The van der Waals surface area contributed by atoms with E-state index in [1.165, 1.54) is 12.4 Å². The third-order valence-corrected chi connectivity index (χ3v) is 5.53. The lowest BCUT2D eigenvalue weighted by Crippen LogP contribution is -2.48. The van der Waals surface area contributed by atoms with Crippen LogP contribution in [0.4, 0.5) is 4.79 Å². The van der Waals surface area contributed by atoms with Crippen LogP contribution in [0.2, 0.25) is 5.02 Å². The molecule has 1 spiro atoms. The summed E-state index contributed by atoms with van der Waals surface area (Å²) >= 11 is 5.93. The monoisotopic (exact) mass is 415 g/mol. The largest absolute Gasteiger partial charge is 0.492 e. The van der Waals surface area contributed by atoms with E-state index in [9.17, 15) is 9.59 Å². The molecule has 0 saturated carbocycles. The van der Waals surface area contributed by atoms with Crippen LogP contribution in [0.5, 0.6) is 5.75 Å². The van der Waals surface area contributed by atoms with Crippen LogP contribution in [-0.2, 0) is 4.74 Å². The van der Waals surface area contributed by atoms with Gasteiger partial charge in [-0.2, -0.15) is 0 Å². The van der Waals surface area contributed by atoms with Gasteiger partial charge in [0, 0.05) is 38.3 Å². The first-order valence-electron chi connectivity index (χ1n) is 9.60. The summed E-state index contributed by atoms with van der Waals surface area (Å²) in [4.78, 5) is 32.4. The van der Waals surface area contributed by atoms with Crippen LogP contribution in [0.25, 0.3) is 0 Å². The molecule has 3 heterocycles. The van der Waals surface area contributed by atoms with Gasteiger partial charge in [0.2, 0.25) is 0 Å². The molecule has 2 aliphatic rings. The summed E-state index contributed by atoms with van der Waals surface area (Å²) in [7, 11) is 0. The number of piperidine rings is 1. The maximum atomic E-state index is 12.7. The number of rotatable bonds is 5. The van der Waals surface area contributed by atoms with Crippen molar-refractivity contribution in [2.75, 3.05) is 32.8 Å². The fraction of sp³-hybridized carbons (Fsp3) is 0.381. The van der Waals surface area contributed by atoms with E-state index in [1.54, 1.807) is 15.9 Å². The average Bonchev–Trinajstić information content (AvgIpc) is 3.03. The Bertz CT molecular complexity index is 885. The van der Waals surface area contributed by atoms with Gasteiger partial charge in [-0.15, -0.1) is 0 Å². The predicted octanol–water partition coefficient (Wildman–Crippen LogP) is 3.24. The van der Waals surface area contributed by atoms with Crippen molar-refractivity contribution < 1.29 is 19.1 Å². The molecule has 0 bridgehead atoms. The van der Waals surface area contributed by atoms with E-state index >= 15 is 0 Å². The highest BCUT2D eigenvalue weighted by Gasteiger charge is 2.47. The highest BCUT2D eigenvalue weighted by molar-refractivity contribution is 6.30. The number of nitrogens with zero attached hydrogens (tertiary/aromatic N) is 3. The minimum atomic E-state index is -0.535. The van der Waals surface area contributed by atoms with E-state index in [0.717, 1.165) is 5.75 Å². The molecule has 2 fully saturated rings. The Morgan fingerprint density at radius 2 is 1.97 bits per heavy atom. The Kier molecular flexibility index (Phi) is 5.58. The fourth-order valence-electron chi connectivity index (χ4n) is 3.74. The number of hydrogen-bond donors (Lipinski definition) is 0. The normalized spacial score (nSPS) is 18.0. The number of pyridine rings is 1. The Morgan fingerprint density at radius 3 is 2.69 bits per heavy atom. The zero-order chi connectivity index (χ0) is 20.3. The third kappa shape index (κ3) is 4.45. The molecule has 2 aromatic rings. The van der Waals surface area contributed by atoms with Crippen LogP contribution in [0.1, 0.15) is 23.2 Å². The van der Waals surface area contributed by atoms with Crippen LogP contribution < -0.4 is 4.74 Å². The van der Waals surface area contributed by atoms with Crippen LogP contribution in [0, 0.1) is 0 Å². The lowest BCUT2D eigenvalue weighted by molar-refractivity contribution is 0.00312. The number of ether oxygens (including phenoxy) is 2. The van der Waals surface area contributed by atoms with Crippen LogP contribution in [0.15, 0.2) is 48.8 Å². The molecule has 0 atom stereocenters. The Hall–Kier alpha value is -2.80. The second kappa shape index (κ2) is 8.29. The second-order valence-corrected chi connectivity index (χ2v) is 7.75. The van der Waals surface area contributed by atoms with Gasteiger partial charge in [0.15, 0.2) is 0 Å². The van der Waals surface area contributed by atoms with Crippen molar-refractivity contribution in [3.63, 3.8) is 0 Å². The molecule has 0 radical (unpaired) electrons. The lowest BCUT2D eigenvalue weighted by atomic mass is 9.91. The number of likely N-dealkylation sites (tertiary alicyclic amines) is 1. The van der Waals surface area contributed by atoms with E-state index in [4.69, 9.17) is 21.1 Å². The van der Waals surface area contributed by atoms with E-state index in [-0.39, 0.29) is 12.0 Å². The summed E-state index contributed by atoms with van der Waals surface area (Å²) in [5, 5.41) is 0.433. The molecule has 2 amide bonds. The van der Waals surface area contributed by atoms with Crippen molar-refractivity contribution in [1.82, 2.24) is 14.8 Å². The number of hydrogen-bond acceptors (Lipinski definition) is 5. The molecule has 7 nitrogen and oxygen atoms in total. The van der Waals surface area contributed by atoms with Gasteiger partial charge < -0.3 is 19.3 Å². The summed E-state index contributed by atoms with van der Waals surface area (Å²) in [6.45, 7) is 2.43. The van der Waals surface area contributed by atoms with E-state index < -0.39 is 5.60 Å². The number of aromatic nitrogens is 1. The van der Waals surface area contributed by atoms with Gasteiger partial charge in [-0.3, -0.25) is 9.78 Å². The van der Waals surface area contributed by atoms with Gasteiger partial charge >= 0.3 is 6.09 Å². The van der Waals surface area contributed by atoms with Gasteiger partial charge in [0.25, 0.3) is 5.91 Å². The van der Waals surface area contributed by atoms with E-state index in [2.05, 4.69) is 4.98 Å². The summed E-state index contributed by atoms with van der Waals surface area (Å²) < 4.78 is 11.4. The molecule has 29 heavy (non-hydrogen) atoms. The van der Waals surface area contributed by atoms with Gasteiger partial charge in [-0.1, -0.05) is 29.8 Å². The van der Waals surface area contributed by atoms with Crippen LogP contribution in [-0.4, -0.2) is 65.2 Å². The number of para-hydroxylation sites is 1. The van der Waals surface area contributed by atoms with Gasteiger partial charge in [-0.05, 0) is 18.2 Å².